The van der Waals surface area contributed by atoms with Crippen molar-refractivity contribution in [3.05, 3.63) is 134 Å². The molecule has 12 unspecified atom stereocenters. The minimum Gasteiger partial charge on any atom is -0.394 e. The second kappa shape index (κ2) is 73.9. The van der Waals surface area contributed by atoms with Gasteiger partial charge in [-0.05, 0) is 96.3 Å². The molecular weight excluding hydrogens is 1330 g/mol. The van der Waals surface area contributed by atoms with Crippen molar-refractivity contribution in [2.24, 2.45) is 0 Å². The van der Waals surface area contributed by atoms with Crippen LogP contribution in [0.2, 0.25) is 0 Å². The van der Waals surface area contributed by atoms with E-state index < -0.39 is 86.8 Å². The van der Waals surface area contributed by atoms with Gasteiger partial charge in [-0.3, -0.25) is 4.79 Å². The first-order valence-electron chi connectivity index (χ1n) is 43.4. The number of hydrogen-bond acceptors (Lipinski definition) is 13. The van der Waals surface area contributed by atoms with Crippen LogP contribution in [0.4, 0.5) is 0 Å². The predicted octanol–water partition coefficient (Wildman–Crippen LogP) is 20.9. The molecule has 106 heavy (non-hydrogen) atoms. The Balaban J connectivity index is 1.61. The first-order valence-corrected chi connectivity index (χ1v) is 43.4. The Labute approximate surface area is 647 Å². The van der Waals surface area contributed by atoms with Crippen molar-refractivity contribution < 1.29 is 64.6 Å². The third kappa shape index (κ3) is 55.5. The lowest BCUT2D eigenvalue weighted by Gasteiger charge is -2.46. The summed E-state index contributed by atoms with van der Waals surface area (Å²) in [6, 6.07) is -0.852. The Bertz CT molecular complexity index is 2300. The molecule has 0 saturated carbocycles. The van der Waals surface area contributed by atoms with Gasteiger partial charge in [0.05, 0.1) is 32.0 Å². The molecule has 2 aliphatic heterocycles. The van der Waals surface area contributed by atoms with Crippen LogP contribution in [0.1, 0.15) is 348 Å². The molecule has 2 fully saturated rings. The van der Waals surface area contributed by atoms with Crippen LogP contribution in [0.25, 0.3) is 0 Å². The van der Waals surface area contributed by atoms with E-state index >= 15 is 0 Å². The monoisotopic (exact) mass is 1490 g/mol. The molecular formula is C92H159NO13. The number of aliphatic hydroxyl groups is 8. The topological polar surface area (TPSA) is 228 Å². The van der Waals surface area contributed by atoms with E-state index in [0.717, 1.165) is 128 Å². The van der Waals surface area contributed by atoms with Crippen molar-refractivity contribution in [3.63, 3.8) is 0 Å². The predicted molar refractivity (Wildman–Crippen MR) is 442 cm³/mol. The Morgan fingerprint density at radius 1 is 0.349 bits per heavy atom. The van der Waals surface area contributed by atoms with Gasteiger partial charge in [0.1, 0.15) is 48.8 Å². The number of allylic oxidation sites excluding steroid dienone is 22. The van der Waals surface area contributed by atoms with Gasteiger partial charge in [-0.2, -0.15) is 0 Å². The first kappa shape index (κ1) is 98.2. The number of carbonyl (C=O) groups is 1. The van der Waals surface area contributed by atoms with E-state index in [0.29, 0.717) is 12.8 Å². The van der Waals surface area contributed by atoms with Gasteiger partial charge in [-0.25, -0.2) is 0 Å². The molecule has 12 atom stereocenters. The zero-order valence-electron chi connectivity index (χ0n) is 67.1. The number of ether oxygens (including phenoxy) is 4. The summed E-state index contributed by atoms with van der Waals surface area (Å²) in [5.74, 6) is -0.226. The Hall–Kier alpha value is -3.87. The van der Waals surface area contributed by atoms with Gasteiger partial charge in [0.15, 0.2) is 12.6 Å². The number of amides is 1. The fourth-order valence-electron chi connectivity index (χ4n) is 13.6. The van der Waals surface area contributed by atoms with Gasteiger partial charge in [-0.15, -0.1) is 0 Å². The molecule has 0 bridgehead atoms. The second-order valence-electron chi connectivity index (χ2n) is 29.9. The van der Waals surface area contributed by atoms with Crippen molar-refractivity contribution in [1.29, 1.82) is 0 Å². The van der Waals surface area contributed by atoms with Crippen molar-refractivity contribution in [2.45, 2.75) is 421 Å². The third-order valence-corrected chi connectivity index (χ3v) is 20.4. The van der Waals surface area contributed by atoms with Crippen molar-refractivity contribution >= 4 is 5.91 Å². The van der Waals surface area contributed by atoms with Crippen LogP contribution in [0.3, 0.4) is 0 Å². The lowest BCUT2D eigenvalue weighted by atomic mass is 9.97. The Morgan fingerprint density at radius 3 is 1.00 bits per heavy atom. The van der Waals surface area contributed by atoms with Crippen LogP contribution < -0.4 is 5.32 Å². The minimum atomic E-state index is -1.79. The van der Waals surface area contributed by atoms with Gasteiger partial charge in [0.2, 0.25) is 5.91 Å². The molecule has 0 spiro atoms. The second-order valence-corrected chi connectivity index (χ2v) is 29.9. The van der Waals surface area contributed by atoms with Gasteiger partial charge in [0.25, 0.3) is 0 Å². The molecule has 2 aliphatic rings. The van der Waals surface area contributed by atoms with E-state index in [-0.39, 0.29) is 18.9 Å². The van der Waals surface area contributed by atoms with Gasteiger partial charge < -0.3 is 65.1 Å². The number of carbonyl (C=O) groups excluding carboxylic acids is 1. The molecule has 610 valence electrons. The molecule has 2 saturated heterocycles. The Morgan fingerprint density at radius 2 is 0.651 bits per heavy atom. The van der Waals surface area contributed by atoms with Crippen molar-refractivity contribution in [3.8, 4) is 0 Å². The maximum Gasteiger partial charge on any atom is 0.220 e. The summed E-state index contributed by atoms with van der Waals surface area (Å²) in [5.41, 5.74) is 0. The average Bonchev–Trinajstić information content (AvgIpc) is 0.789. The average molecular weight is 1490 g/mol. The quantitative estimate of drug-likeness (QED) is 0.0204. The van der Waals surface area contributed by atoms with E-state index in [1.54, 1.807) is 0 Å². The highest BCUT2D eigenvalue weighted by Crippen LogP contribution is 2.30. The molecule has 0 aromatic carbocycles. The lowest BCUT2D eigenvalue weighted by Crippen LogP contribution is -2.65. The maximum absolute atomic E-state index is 13.4. The SMILES string of the molecule is CC/C=C\C/C=C\C/C=C\C/C=C\C/C=C\C/C=C\C/C=C\C/C=C\C/C=C\C/C=C\C/C=C\CCCCCCCC(=O)NC(COC1OC(CO)C(OC2OC(CO)C(O)C(O)C2O)C(O)C1O)C(O)CCCCCCCCCCCCCCCCCCCCCCCCCCCCCCCCCCC. The van der Waals surface area contributed by atoms with Crippen LogP contribution in [0.15, 0.2) is 134 Å². The van der Waals surface area contributed by atoms with E-state index in [4.69, 9.17) is 18.9 Å². The number of aliphatic hydroxyl groups excluding tert-OH is 8. The van der Waals surface area contributed by atoms with Crippen molar-refractivity contribution in [2.75, 3.05) is 19.8 Å². The molecule has 2 heterocycles. The van der Waals surface area contributed by atoms with Crippen LogP contribution in [0.5, 0.6) is 0 Å². The van der Waals surface area contributed by atoms with Crippen molar-refractivity contribution in [1.82, 2.24) is 5.32 Å². The lowest BCUT2D eigenvalue weighted by molar-refractivity contribution is -0.359. The summed E-state index contributed by atoms with van der Waals surface area (Å²) in [4.78, 5) is 13.4. The fraction of sp³-hybridized carbons (Fsp3) is 0.750. The highest BCUT2D eigenvalue weighted by Gasteiger charge is 2.51. The molecule has 14 nitrogen and oxygen atoms in total. The zero-order chi connectivity index (χ0) is 76.5. The largest absolute Gasteiger partial charge is 0.394 e. The summed E-state index contributed by atoms with van der Waals surface area (Å²) in [6.07, 6.45) is 93.6. The van der Waals surface area contributed by atoms with E-state index in [2.05, 4.69) is 153 Å². The third-order valence-electron chi connectivity index (χ3n) is 20.4. The zero-order valence-corrected chi connectivity index (χ0v) is 67.1. The molecule has 9 N–H and O–H groups in total. The van der Waals surface area contributed by atoms with E-state index in [1.165, 1.54) is 186 Å². The van der Waals surface area contributed by atoms with Gasteiger partial charge >= 0.3 is 0 Å². The van der Waals surface area contributed by atoms with Crippen LogP contribution in [-0.4, -0.2) is 140 Å². The molecule has 2 rings (SSSR count). The molecule has 0 aliphatic carbocycles. The summed E-state index contributed by atoms with van der Waals surface area (Å²) < 4.78 is 23.0. The summed E-state index contributed by atoms with van der Waals surface area (Å²) in [7, 11) is 0. The fourth-order valence-corrected chi connectivity index (χ4v) is 13.6. The summed E-state index contributed by atoms with van der Waals surface area (Å²) >= 11 is 0. The summed E-state index contributed by atoms with van der Waals surface area (Å²) in [6.45, 7) is 2.77. The van der Waals surface area contributed by atoms with Crippen LogP contribution in [0, 0.1) is 0 Å². The van der Waals surface area contributed by atoms with E-state index in [1.807, 2.05) is 0 Å². The summed E-state index contributed by atoms with van der Waals surface area (Å²) in [5, 5.41) is 88.0. The van der Waals surface area contributed by atoms with Crippen LogP contribution in [-0.2, 0) is 23.7 Å². The highest BCUT2D eigenvalue weighted by atomic mass is 16.7. The maximum atomic E-state index is 13.4. The molecule has 0 aromatic heterocycles. The molecule has 0 radical (unpaired) electrons. The Kier molecular flexibility index (Phi) is 68.5. The first-order chi connectivity index (χ1) is 52.1. The molecule has 1 amide bonds. The smallest absolute Gasteiger partial charge is 0.220 e. The van der Waals surface area contributed by atoms with Gasteiger partial charge in [0, 0.05) is 6.42 Å². The normalized spacial score (nSPS) is 22.0. The molecule has 14 heteroatoms. The van der Waals surface area contributed by atoms with E-state index in [9.17, 15) is 45.6 Å². The number of nitrogens with one attached hydrogen (secondary N) is 1. The van der Waals surface area contributed by atoms with Gasteiger partial charge in [-0.1, -0.05) is 379 Å². The number of rotatable bonds is 72. The van der Waals surface area contributed by atoms with Crippen LogP contribution >= 0.6 is 0 Å². The number of unbranched alkanes of at least 4 members (excludes halogenated alkanes) is 37. The highest BCUT2D eigenvalue weighted by molar-refractivity contribution is 5.76. The number of hydrogen-bond donors (Lipinski definition) is 9. The molecule has 0 aromatic rings. The minimum absolute atomic E-state index is 0.226. The standard InChI is InChI=1S/C92H159NO13/c1-3-5-7-9-11-13-15-17-19-21-23-25-27-29-31-33-35-37-38-39-40-41-42-44-46-48-50-52-54-56-58-60-62-64-66-68-70-72-74-76-84(97)93-80(79-103-91-89(102)87(100)90(83(78-95)105-91)106-92-88(101)86(99)85(98)82(77-94)104-92)81(96)75-73-71-69-67-65-63-61-59-57-55-53-51-49-47-45-43-36-34-32-30-28-26-24-22-20-18-16-14-12-10-8-6-4-2/h5,7,11,13,17,19,23,25,29,31,35,37,39-40,42,44,48,50,54,56,60,62,80-83,85-92,94-96,98-102H,3-4,6,8-10,12,14-16,18,20-22,24,26-28,30,32-34,36,38,41,43,45-47,49,51-53,55,57-59,61,63-79H2,1-2H3,(H,93,97)/b7-5-,13-11-,19-17-,25-23-,31-29-,37-35-,40-39-,44-42-,50-48-,56-54-,62-60-.